The fourth-order valence-electron chi connectivity index (χ4n) is 2.36. The molecule has 1 aromatic carbocycles. The lowest BCUT2D eigenvalue weighted by atomic mass is 10.2. The van der Waals surface area contributed by atoms with Gasteiger partial charge in [-0.15, -0.1) is 5.10 Å². The number of halogens is 1. The smallest absolute Gasteiger partial charge is 0.336 e. The Morgan fingerprint density at radius 1 is 1.22 bits per heavy atom. The maximum atomic E-state index is 13.7. The number of nitrogens with zero attached hydrogens (tertiary/aromatic N) is 3. The van der Waals surface area contributed by atoms with E-state index in [9.17, 15) is 17.6 Å². The topological polar surface area (TPSA) is 93.4 Å². The number of hydrogen-bond acceptors (Lipinski definition) is 6. The summed E-state index contributed by atoms with van der Waals surface area (Å²) in [5.41, 5.74) is 0.00678. The predicted molar refractivity (Wildman–Crippen MR) is 77.6 cm³/mol. The first kappa shape index (κ1) is 15.6. The van der Waals surface area contributed by atoms with E-state index in [0.717, 1.165) is 12.8 Å². The summed E-state index contributed by atoms with van der Waals surface area (Å²) in [6.45, 7) is 1.11. The van der Waals surface area contributed by atoms with Crippen molar-refractivity contribution in [2.75, 3.05) is 18.8 Å². The van der Waals surface area contributed by atoms with Crippen LogP contribution in [0.4, 0.5) is 4.39 Å². The molecule has 0 radical (unpaired) electrons. The van der Waals surface area contributed by atoms with Crippen LogP contribution in [0.3, 0.4) is 0 Å². The Morgan fingerprint density at radius 3 is 2.61 bits per heavy atom. The summed E-state index contributed by atoms with van der Waals surface area (Å²) in [4.78, 5) is 13.5. The first-order valence-corrected chi connectivity index (χ1v) is 8.71. The van der Waals surface area contributed by atoms with Crippen LogP contribution in [0.1, 0.15) is 12.8 Å². The minimum Gasteiger partial charge on any atom is -0.408 e. The lowest BCUT2D eigenvalue weighted by molar-refractivity contribution is -0.127. The third-order valence-electron chi connectivity index (χ3n) is 3.55. The van der Waals surface area contributed by atoms with Gasteiger partial charge in [0.25, 0.3) is 5.89 Å². The van der Waals surface area contributed by atoms with E-state index in [4.69, 9.17) is 4.42 Å². The van der Waals surface area contributed by atoms with Crippen molar-refractivity contribution in [3.05, 3.63) is 30.1 Å². The van der Waals surface area contributed by atoms with Crippen LogP contribution in [0.25, 0.3) is 11.5 Å². The molecule has 2 heterocycles. The van der Waals surface area contributed by atoms with Crippen molar-refractivity contribution in [3.63, 3.8) is 0 Å². The Morgan fingerprint density at radius 2 is 1.91 bits per heavy atom. The van der Waals surface area contributed by atoms with Crippen LogP contribution in [0.15, 0.2) is 33.9 Å². The van der Waals surface area contributed by atoms with E-state index in [1.807, 2.05) is 0 Å². The SMILES string of the molecule is O=C(CS(=O)(=O)c1nnc(-c2ccccc2F)o1)N1CCCC1. The molecule has 0 saturated carbocycles. The lowest BCUT2D eigenvalue weighted by Gasteiger charge is -2.13. The third kappa shape index (κ3) is 3.24. The van der Waals surface area contributed by atoms with Crippen LogP contribution in [-0.2, 0) is 14.6 Å². The molecule has 9 heteroatoms. The summed E-state index contributed by atoms with van der Waals surface area (Å²) in [5.74, 6) is -2.07. The largest absolute Gasteiger partial charge is 0.408 e. The van der Waals surface area contributed by atoms with E-state index in [0.29, 0.717) is 13.1 Å². The number of benzene rings is 1. The van der Waals surface area contributed by atoms with Crippen LogP contribution >= 0.6 is 0 Å². The zero-order chi connectivity index (χ0) is 16.4. The third-order valence-corrected chi connectivity index (χ3v) is 4.87. The quantitative estimate of drug-likeness (QED) is 0.833. The number of aromatic nitrogens is 2. The van der Waals surface area contributed by atoms with Crippen molar-refractivity contribution >= 4 is 15.7 Å². The molecule has 122 valence electrons. The van der Waals surface area contributed by atoms with Gasteiger partial charge in [-0.1, -0.05) is 17.2 Å². The summed E-state index contributed by atoms with van der Waals surface area (Å²) in [6, 6.07) is 5.65. The summed E-state index contributed by atoms with van der Waals surface area (Å²) in [7, 11) is -4.05. The molecule has 3 rings (SSSR count). The van der Waals surface area contributed by atoms with Crippen molar-refractivity contribution < 1.29 is 22.0 Å². The normalized spacial score (nSPS) is 15.1. The molecule has 0 atom stereocenters. The Kier molecular flexibility index (Phi) is 4.12. The monoisotopic (exact) mass is 339 g/mol. The molecule has 0 aliphatic carbocycles. The summed E-state index contributed by atoms with van der Waals surface area (Å²) in [5, 5.41) is 6.32. The van der Waals surface area contributed by atoms with Gasteiger partial charge >= 0.3 is 5.22 Å². The highest BCUT2D eigenvalue weighted by atomic mass is 32.2. The van der Waals surface area contributed by atoms with Crippen molar-refractivity contribution in [3.8, 4) is 11.5 Å². The van der Waals surface area contributed by atoms with Gasteiger partial charge in [0, 0.05) is 13.1 Å². The summed E-state index contributed by atoms with van der Waals surface area (Å²) >= 11 is 0. The molecule has 2 aromatic rings. The van der Waals surface area contributed by atoms with Gasteiger partial charge < -0.3 is 9.32 Å². The molecule has 7 nitrogen and oxygen atoms in total. The number of carbonyl (C=O) groups excluding carboxylic acids is 1. The number of rotatable bonds is 4. The van der Waals surface area contributed by atoms with E-state index in [1.165, 1.54) is 23.1 Å². The Labute approximate surface area is 132 Å². The van der Waals surface area contributed by atoms with Crippen molar-refractivity contribution in [2.45, 2.75) is 18.1 Å². The fraction of sp³-hybridized carbons (Fsp3) is 0.357. The Hall–Kier alpha value is -2.29. The fourth-order valence-corrected chi connectivity index (χ4v) is 3.36. The van der Waals surface area contributed by atoms with Gasteiger partial charge in [0.1, 0.15) is 11.6 Å². The number of likely N-dealkylation sites (tertiary alicyclic amines) is 1. The molecule has 1 amide bonds. The van der Waals surface area contributed by atoms with Crippen LogP contribution in [-0.4, -0.2) is 48.3 Å². The average Bonchev–Trinajstić information content (AvgIpc) is 3.19. The van der Waals surface area contributed by atoms with E-state index < -0.39 is 32.5 Å². The number of sulfone groups is 1. The first-order chi connectivity index (χ1) is 11.0. The molecule has 0 bridgehead atoms. The second-order valence-electron chi connectivity index (χ2n) is 5.20. The van der Waals surface area contributed by atoms with E-state index in [1.54, 1.807) is 6.07 Å². The van der Waals surface area contributed by atoms with Crippen LogP contribution < -0.4 is 0 Å². The van der Waals surface area contributed by atoms with Gasteiger partial charge in [0.05, 0.1) is 5.56 Å². The van der Waals surface area contributed by atoms with Gasteiger partial charge in [-0.2, -0.15) is 0 Å². The Bertz CT molecular complexity index is 828. The highest BCUT2D eigenvalue weighted by Crippen LogP contribution is 2.23. The molecule has 1 aliphatic heterocycles. The predicted octanol–water partition coefficient (Wildman–Crippen LogP) is 1.27. The first-order valence-electron chi connectivity index (χ1n) is 7.06. The summed E-state index contributed by atoms with van der Waals surface area (Å²) in [6.07, 6.45) is 1.73. The molecule has 0 spiro atoms. The van der Waals surface area contributed by atoms with Crippen molar-refractivity contribution in [1.82, 2.24) is 15.1 Å². The molecule has 23 heavy (non-hydrogen) atoms. The molecular formula is C14H14FN3O4S. The van der Waals surface area contributed by atoms with E-state index >= 15 is 0 Å². The van der Waals surface area contributed by atoms with E-state index in [-0.39, 0.29) is 11.5 Å². The second-order valence-corrected chi connectivity index (χ2v) is 7.07. The maximum Gasteiger partial charge on any atom is 0.336 e. The van der Waals surface area contributed by atoms with Gasteiger partial charge in [0.15, 0.2) is 0 Å². The highest BCUT2D eigenvalue weighted by molar-refractivity contribution is 7.91. The maximum absolute atomic E-state index is 13.7. The van der Waals surface area contributed by atoms with Crippen molar-refractivity contribution in [1.29, 1.82) is 0 Å². The molecule has 1 saturated heterocycles. The standard InChI is InChI=1S/C14H14FN3O4S/c15-11-6-2-1-5-10(11)13-16-17-14(22-13)23(20,21)9-12(19)18-7-3-4-8-18/h1-2,5-6H,3-4,7-9H2. The van der Waals surface area contributed by atoms with Gasteiger partial charge in [-0.3, -0.25) is 4.79 Å². The average molecular weight is 339 g/mol. The minimum atomic E-state index is -4.05. The number of hydrogen-bond donors (Lipinski definition) is 0. The van der Waals surface area contributed by atoms with Crippen LogP contribution in [0.2, 0.25) is 0 Å². The van der Waals surface area contributed by atoms with Crippen molar-refractivity contribution in [2.24, 2.45) is 0 Å². The number of amides is 1. The number of carbonyl (C=O) groups is 1. The Balaban J connectivity index is 1.81. The summed E-state index contributed by atoms with van der Waals surface area (Å²) < 4.78 is 43.1. The van der Waals surface area contributed by atoms with Gasteiger partial charge in [0.2, 0.25) is 15.7 Å². The molecule has 1 fully saturated rings. The van der Waals surface area contributed by atoms with E-state index in [2.05, 4.69) is 10.2 Å². The minimum absolute atomic E-state index is 0.00678. The van der Waals surface area contributed by atoms with Gasteiger partial charge in [-0.05, 0) is 25.0 Å². The lowest BCUT2D eigenvalue weighted by Crippen LogP contribution is -2.33. The highest BCUT2D eigenvalue weighted by Gasteiger charge is 2.30. The molecule has 0 unspecified atom stereocenters. The zero-order valence-corrected chi connectivity index (χ0v) is 12.9. The molecule has 1 aromatic heterocycles. The van der Waals surface area contributed by atoms with Gasteiger partial charge in [-0.25, -0.2) is 12.8 Å². The molecular weight excluding hydrogens is 325 g/mol. The zero-order valence-electron chi connectivity index (χ0n) is 12.1. The molecule has 1 aliphatic rings. The van der Waals surface area contributed by atoms with Crippen LogP contribution in [0, 0.1) is 5.82 Å². The van der Waals surface area contributed by atoms with Crippen LogP contribution in [0.5, 0.6) is 0 Å². The molecule has 0 N–H and O–H groups in total. The second kappa shape index (κ2) is 6.07.